The fourth-order valence-corrected chi connectivity index (χ4v) is 4.43. The number of hydrogen-bond acceptors (Lipinski definition) is 3. The van der Waals surface area contributed by atoms with Crippen molar-refractivity contribution in [2.45, 2.75) is 43.9 Å². The van der Waals surface area contributed by atoms with Crippen molar-refractivity contribution in [3.63, 3.8) is 0 Å². The molecule has 4 heteroatoms. The first-order chi connectivity index (χ1) is 14.1. The van der Waals surface area contributed by atoms with Crippen molar-refractivity contribution in [1.82, 2.24) is 0 Å². The van der Waals surface area contributed by atoms with Crippen LogP contribution in [-0.2, 0) is 0 Å². The lowest BCUT2D eigenvalue weighted by Crippen LogP contribution is -2.20. The molecule has 2 aromatic rings. The molecule has 1 fully saturated rings. The smallest absolute Gasteiger partial charge is 0.161 e. The number of alkyl halides is 1. The third-order valence-electron chi connectivity index (χ3n) is 5.88. The number of ether oxygens (including phenoxy) is 2. The van der Waals surface area contributed by atoms with Gasteiger partial charge in [-0.05, 0) is 66.1 Å². The number of nitrogens with one attached hydrogen (secondary N) is 1. The number of hydrogen-bond donors (Lipinski definition) is 1. The molecule has 1 aliphatic rings. The maximum atomic E-state index is 6.64. The molecule has 1 N–H and O–H groups in total. The third-order valence-corrected chi connectivity index (χ3v) is 6.45. The average molecular weight is 414 g/mol. The Labute approximate surface area is 180 Å². The Morgan fingerprint density at radius 3 is 2.31 bits per heavy atom. The molecule has 0 bridgehead atoms. The Hall–Kier alpha value is -2.13. The van der Waals surface area contributed by atoms with E-state index in [9.17, 15) is 0 Å². The molecule has 1 unspecified atom stereocenters. The van der Waals surface area contributed by atoms with Gasteiger partial charge in [-0.15, -0.1) is 11.6 Å². The zero-order valence-corrected chi connectivity index (χ0v) is 18.3. The predicted octanol–water partition coefficient (Wildman–Crippen LogP) is 6.76. The number of methoxy groups -OCH3 is 2. The Balaban J connectivity index is 1.55. The van der Waals surface area contributed by atoms with Gasteiger partial charge in [-0.1, -0.05) is 44.0 Å². The normalized spacial score (nSPS) is 15.6. The fourth-order valence-electron chi connectivity index (χ4n) is 4.07. The highest BCUT2D eigenvalue weighted by molar-refractivity contribution is 6.20. The van der Waals surface area contributed by atoms with Crippen molar-refractivity contribution in [3.05, 3.63) is 60.2 Å². The number of anilines is 1. The van der Waals surface area contributed by atoms with Crippen LogP contribution in [0.15, 0.2) is 49.0 Å². The first-order valence-electron chi connectivity index (χ1n) is 10.5. The van der Waals surface area contributed by atoms with Crippen LogP contribution >= 0.6 is 11.6 Å². The Morgan fingerprint density at radius 2 is 1.66 bits per heavy atom. The fraction of sp³-hybridized carbons (Fsp3) is 0.440. The molecule has 0 radical (unpaired) electrons. The van der Waals surface area contributed by atoms with E-state index in [1.165, 1.54) is 32.1 Å². The van der Waals surface area contributed by atoms with Gasteiger partial charge in [0.15, 0.2) is 11.5 Å². The third kappa shape index (κ3) is 5.70. The van der Waals surface area contributed by atoms with Gasteiger partial charge < -0.3 is 14.8 Å². The number of benzene rings is 2. The van der Waals surface area contributed by atoms with E-state index < -0.39 is 0 Å². The minimum atomic E-state index is 0.284. The molecular formula is C25H32ClNO2. The summed E-state index contributed by atoms with van der Waals surface area (Å²) in [5.74, 6) is 2.12. The maximum absolute atomic E-state index is 6.64. The maximum Gasteiger partial charge on any atom is 0.161 e. The molecule has 2 aromatic carbocycles. The van der Waals surface area contributed by atoms with E-state index >= 15 is 0 Å². The van der Waals surface area contributed by atoms with E-state index in [4.69, 9.17) is 21.1 Å². The van der Waals surface area contributed by atoms with Gasteiger partial charge in [0, 0.05) is 17.6 Å². The van der Waals surface area contributed by atoms with Gasteiger partial charge in [-0.25, -0.2) is 0 Å². The zero-order valence-electron chi connectivity index (χ0n) is 17.5. The van der Waals surface area contributed by atoms with Crippen molar-refractivity contribution in [2.24, 2.45) is 5.92 Å². The molecule has 156 valence electrons. The summed E-state index contributed by atoms with van der Waals surface area (Å²) < 4.78 is 10.7. The SMILES string of the molecule is C=C(c1ccc(NCCC(Cl)C2CCCCC2)cc1)c1ccc(OC)c(OC)c1. The summed E-state index contributed by atoms with van der Waals surface area (Å²) in [6.45, 7) is 5.16. The highest BCUT2D eigenvalue weighted by Crippen LogP contribution is 2.33. The molecule has 0 heterocycles. The van der Waals surface area contributed by atoms with Gasteiger partial charge in [0.2, 0.25) is 0 Å². The average Bonchev–Trinajstić information content (AvgIpc) is 2.79. The van der Waals surface area contributed by atoms with Crippen LogP contribution < -0.4 is 14.8 Å². The molecule has 0 aliphatic heterocycles. The van der Waals surface area contributed by atoms with Crippen LogP contribution in [0.1, 0.15) is 49.7 Å². The molecular weight excluding hydrogens is 382 g/mol. The van der Waals surface area contributed by atoms with Crippen LogP contribution in [0.4, 0.5) is 5.69 Å². The van der Waals surface area contributed by atoms with E-state index in [0.717, 1.165) is 41.1 Å². The van der Waals surface area contributed by atoms with Crippen LogP contribution in [0.2, 0.25) is 0 Å². The first kappa shape index (κ1) is 21.6. The predicted molar refractivity (Wildman–Crippen MR) is 123 cm³/mol. The van der Waals surface area contributed by atoms with Crippen molar-refractivity contribution in [3.8, 4) is 11.5 Å². The summed E-state index contributed by atoms with van der Waals surface area (Å²) in [6.07, 6.45) is 7.65. The molecule has 1 saturated carbocycles. The van der Waals surface area contributed by atoms with E-state index in [2.05, 4.69) is 36.2 Å². The van der Waals surface area contributed by atoms with Crippen molar-refractivity contribution in [2.75, 3.05) is 26.1 Å². The summed E-state index contributed by atoms with van der Waals surface area (Å²) in [5, 5.41) is 3.79. The van der Waals surface area contributed by atoms with Crippen molar-refractivity contribution in [1.29, 1.82) is 0 Å². The van der Waals surface area contributed by atoms with E-state index in [0.29, 0.717) is 11.7 Å². The van der Waals surface area contributed by atoms with E-state index in [1.807, 2.05) is 18.2 Å². The summed E-state index contributed by atoms with van der Waals surface area (Å²) in [7, 11) is 3.28. The van der Waals surface area contributed by atoms with Crippen LogP contribution in [0.5, 0.6) is 11.5 Å². The minimum absolute atomic E-state index is 0.284. The first-order valence-corrected chi connectivity index (χ1v) is 11.0. The number of halogens is 1. The van der Waals surface area contributed by atoms with Crippen molar-refractivity contribution >= 4 is 22.9 Å². The lowest BCUT2D eigenvalue weighted by molar-refractivity contribution is 0.340. The summed E-state index contributed by atoms with van der Waals surface area (Å²) in [4.78, 5) is 0. The lowest BCUT2D eigenvalue weighted by atomic mass is 9.86. The summed E-state index contributed by atoms with van der Waals surface area (Å²) >= 11 is 6.64. The van der Waals surface area contributed by atoms with Crippen LogP contribution in [-0.4, -0.2) is 26.1 Å². The molecule has 0 spiro atoms. The van der Waals surface area contributed by atoms with Gasteiger partial charge in [0.25, 0.3) is 0 Å². The van der Waals surface area contributed by atoms with Gasteiger partial charge in [-0.2, -0.15) is 0 Å². The Bertz CT molecular complexity index is 797. The molecule has 0 amide bonds. The van der Waals surface area contributed by atoms with Gasteiger partial charge in [0.05, 0.1) is 14.2 Å². The van der Waals surface area contributed by atoms with Gasteiger partial charge in [0.1, 0.15) is 0 Å². The second-order valence-corrected chi connectivity index (χ2v) is 8.32. The summed E-state index contributed by atoms with van der Waals surface area (Å²) in [5.41, 5.74) is 4.16. The Morgan fingerprint density at radius 1 is 1.00 bits per heavy atom. The summed E-state index contributed by atoms with van der Waals surface area (Å²) in [6, 6.07) is 14.3. The molecule has 1 aliphatic carbocycles. The van der Waals surface area contributed by atoms with E-state index in [1.54, 1.807) is 14.2 Å². The van der Waals surface area contributed by atoms with Crippen LogP contribution in [0.25, 0.3) is 5.57 Å². The molecule has 3 rings (SSSR count). The molecule has 0 aromatic heterocycles. The van der Waals surface area contributed by atoms with E-state index in [-0.39, 0.29) is 5.38 Å². The molecule has 3 nitrogen and oxygen atoms in total. The highest BCUT2D eigenvalue weighted by Gasteiger charge is 2.21. The quantitative estimate of drug-likeness (QED) is 0.461. The number of rotatable bonds is 9. The van der Waals surface area contributed by atoms with Crippen molar-refractivity contribution < 1.29 is 9.47 Å². The minimum Gasteiger partial charge on any atom is -0.493 e. The van der Waals surface area contributed by atoms with Gasteiger partial charge in [-0.3, -0.25) is 0 Å². The molecule has 29 heavy (non-hydrogen) atoms. The zero-order chi connectivity index (χ0) is 20.6. The highest BCUT2D eigenvalue weighted by atomic mass is 35.5. The monoisotopic (exact) mass is 413 g/mol. The second kappa shape index (κ2) is 10.6. The second-order valence-electron chi connectivity index (χ2n) is 7.76. The van der Waals surface area contributed by atoms with Gasteiger partial charge >= 0.3 is 0 Å². The molecule has 0 saturated heterocycles. The Kier molecular flexibility index (Phi) is 7.88. The lowest BCUT2D eigenvalue weighted by Gasteiger charge is -2.26. The largest absolute Gasteiger partial charge is 0.493 e. The molecule has 1 atom stereocenters. The van der Waals surface area contributed by atoms with Crippen LogP contribution in [0, 0.1) is 5.92 Å². The standard InChI is InChI=1S/C25H32ClNO2/c1-18(21-11-14-24(28-2)25(17-21)29-3)19-9-12-22(13-10-19)27-16-15-23(26)20-7-5-4-6-8-20/h9-14,17,20,23,27H,1,4-8,15-16H2,2-3H3. The topological polar surface area (TPSA) is 30.5 Å². The van der Waals surface area contributed by atoms with Crippen LogP contribution in [0.3, 0.4) is 0 Å².